The van der Waals surface area contributed by atoms with Crippen LogP contribution in [0, 0.1) is 0 Å². The summed E-state index contributed by atoms with van der Waals surface area (Å²) in [5.74, 6) is 0. The largest absolute Gasteiger partial charge is 0.455 e. The van der Waals surface area contributed by atoms with E-state index in [1.807, 2.05) is 36.4 Å². The summed E-state index contributed by atoms with van der Waals surface area (Å²) in [5.41, 5.74) is 3.90. The molecule has 1 nitrogen and oxygen atoms in total. The van der Waals surface area contributed by atoms with E-state index in [9.17, 15) is 0 Å². The zero-order valence-corrected chi connectivity index (χ0v) is 13.3. The number of hydrogen-bond donors (Lipinski definition) is 0. The van der Waals surface area contributed by atoms with Crippen LogP contribution >= 0.6 is 27.5 Å². The number of fused-ring (bicyclic) bond motifs is 3. The summed E-state index contributed by atoms with van der Waals surface area (Å²) in [7, 11) is 0. The van der Waals surface area contributed by atoms with Gasteiger partial charge in [0.25, 0.3) is 0 Å². The maximum Gasteiger partial charge on any atom is 0.143 e. The van der Waals surface area contributed by atoms with Crippen LogP contribution in [0.5, 0.6) is 0 Å². The van der Waals surface area contributed by atoms with E-state index in [0.717, 1.165) is 42.6 Å². The molecule has 0 aliphatic heterocycles. The lowest BCUT2D eigenvalue weighted by molar-refractivity contribution is 0.670. The molecule has 0 saturated carbocycles. The normalized spacial score (nSPS) is 11.3. The first kappa shape index (κ1) is 12.9. The van der Waals surface area contributed by atoms with E-state index >= 15 is 0 Å². The van der Waals surface area contributed by atoms with Gasteiger partial charge in [-0.25, -0.2) is 0 Å². The van der Waals surface area contributed by atoms with Gasteiger partial charge in [-0.2, -0.15) is 0 Å². The minimum atomic E-state index is 0.721. The number of rotatable bonds is 1. The Balaban J connectivity index is 2.09. The van der Waals surface area contributed by atoms with Gasteiger partial charge in [-0.05, 0) is 29.8 Å². The average molecular weight is 358 g/mol. The van der Waals surface area contributed by atoms with Gasteiger partial charge in [0.05, 0.1) is 5.02 Å². The summed E-state index contributed by atoms with van der Waals surface area (Å²) in [4.78, 5) is 0. The fraction of sp³-hybridized carbons (Fsp3) is 0. The highest BCUT2D eigenvalue weighted by Crippen LogP contribution is 2.38. The van der Waals surface area contributed by atoms with E-state index in [0.29, 0.717) is 0 Å². The number of benzene rings is 3. The Hall–Kier alpha value is -1.77. The van der Waals surface area contributed by atoms with E-state index < -0.39 is 0 Å². The maximum atomic E-state index is 6.33. The molecule has 0 bridgehead atoms. The van der Waals surface area contributed by atoms with Crippen molar-refractivity contribution in [3.8, 4) is 11.1 Å². The zero-order chi connectivity index (χ0) is 14.4. The predicted octanol–water partition coefficient (Wildman–Crippen LogP) is 6.67. The van der Waals surface area contributed by atoms with Crippen LogP contribution in [-0.4, -0.2) is 0 Å². The average Bonchev–Trinajstić information content (AvgIpc) is 2.88. The van der Waals surface area contributed by atoms with E-state index in [1.54, 1.807) is 0 Å². The van der Waals surface area contributed by atoms with Crippen LogP contribution in [0.2, 0.25) is 5.02 Å². The molecule has 4 aromatic rings. The monoisotopic (exact) mass is 356 g/mol. The molecule has 102 valence electrons. The van der Waals surface area contributed by atoms with Crippen molar-refractivity contribution in [3.05, 3.63) is 70.2 Å². The fourth-order valence-corrected chi connectivity index (χ4v) is 3.19. The summed E-state index contributed by atoms with van der Waals surface area (Å²) >= 11 is 9.79. The second-order valence-electron chi connectivity index (χ2n) is 4.90. The lowest BCUT2D eigenvalue weighted by Crippen LogP contribution is -1.78. The van der Waals surface area contributed by atoms with Crippen molar-refractivity contribution in [2.75, 3.05) is 0 Å². The molecule has 4 rings (SSSR count). The first-order valence-electron chi connectivity index (χ1n) is 6.60. The van der Waals surface area contributed by atoms with E-state index in [1.165, 1.54) is 0 Å². The lowest BCUT2D eigenvalue weighted by Gasteiger charge is -2.02. The van der Waals surface area contributed by atoms with Crippen molar-refractivity contribution in [1.29, 1.82) is 0 Å². The summed E-state index contributed by atoms with van der Waals surface area (Å²) in [6, 6.07) is 20.1. The molecule has 21 heavy (non-hydrogen) atoms. The number of hydrogen-bond acceptors (Lipinski definition) is 1. The van der Waals surface area contributed by atoms with Gasteiger partial charge in [-0.15, -0.1) is 0 Å². The third kappa shape index (κ3) is 2.06. The van der Waals surface area contributed by atoms with E-state index in [2.05, 4.69) is 40.2 Å². The smallest absolute Gasteiger partial charge is 0.143 e. The minimum absolute atomic E-state index is 0.721. The molecule has 3 heteroatoms. The minimum Gasteiger partial charge on any atom is -0.455 e. The Bertz CT molecular complexity index is 954. The second-order valence-corrected chi connectivity index (χ2v) is 6.23. The molecule has 0 fully saturated rings. The Morgan fingerprint density at radius 1 is 0.857 bits per heavy atom. The molecule has 0 aliphatic carbocycles. The molecule has 0 radical (unpaired) electrons. The van der Waals surface area contributed by atoms with Crippen molar-refractivity contribution in [2.45, 2.75) is 0 Å². The molecule has 3 aromatic carbocycles. The van der Waals surface area contributed by atoms with Crippen molar-refractivity contribution in [1.82, 2.24) is 0 Å². The first-order valence-corrected chi connectivity index (χ1v) is 7.77. The van der Waals surface area contributed by atoms with Gasteiger partial charge >= 0.3 is 0 Å². The molecule has 0 unspecified atom stereocenters. The van der Waals surface area contributed by atoms with Gasteiger partial charge in [0, 0.05) is 20.8 Å². The Labute approximate surface area is 135 Å². The zero-order valence-electron chi connectivity index (χ0n) is 10.9. The molecule has 0 N–H and O–H groups in total. The maximum absolute atomic E-state index is 6.33. The van der Waals surface area contributed by atoms with E-state index in [4.69, 9.17) is 16.0 Å². The highest BCUT2D eigenvalue weighted by molar-refractivity contribution is 9.10. The number of halogens is 2. The van der Waals surface area contributed by atoms with Crippen molar-refractivity contribution < 1.29 is 4.42 Å². The third-order valence-corrected chi connectivity index (χ3v) is 4.47. The summed E-state index contributed by atoms with van der Waals surface area (Å²) in [6.07, 6.45) is 0. The quantitative estimate of drug-likeness (QED) is 0.371. The van der Waals surface area contributed by atoms with Gasteiger partial charge in [0.15, 0.2) is 0 Å². The highest BCUT2D eigenvalue weighted by atomic mass is 79.9. The van der Waals surface area contributed by atoms with Crippen LogP contribution in [0.25, 0.3) is 33.1 Å². The first-order chi connectivity index (χ1) is 10.2. The van der Waals surface area contributed by atoms with Crippen LogP contribution in [0.3, 0.4) is 0 Å². The summed E-state index contributed by atoms with van der Waals surface area (Å²) in [6.45, 7) is 0. The predicted molar refractivity (Wildman–Crippen MR) is 91.9 cm³/mol. The summed E-state index contributed by atoms with van der Waals surface area (Å²) in [5, 5.41) is 2.75. The lowest BCUT2D eigenvalue weighted by atomic mass is 10.0. The van der Waals surface area contributed by atoms with Gasteiger partial charge in [-0.3, -0.25) is 0 Å². The van der Waals surface area contributed by atoms with Crippen LogP contribution in [-0.2, 0) is 0 Å². The SMILES string of the molecule is Clc1cccc2oc3c(-c4ccc(Br)cc4)cccc3c12. The Morgan fingerprint density at radius 2 is 1.62 bits per heavy atom. The standard InChI is InChI=1S/C18H10BrClO/c19-12-9-7-11(8-10-12)13-3-1-4-14-17-15(20)5-2-6-16(17)21-18(13)14/h1-10H. The molecule has 1 aromatic heterocycles. The molecule has 0 atom stereocenters. The Kier molecular flexibility index (Phi) is 3.02. The molecular weight excluding hydrogens is 348 g/mol. The van der Waals surface area contributed by atoms with Gasteiger partial charge in [0.1, 0.15) is 11.2 Å². The van der Waals surface area contributed by atoms with Gasteiger partial charge in [-0.1, -0.05) is 63.9 Å². The van der Waals surface area contributed by atoms with Crippen LogP contribution in [0.15, 0.2) is 69.6 Å². The molecular formula is C18H10BrClO. The summed E-state index contributed by atoms with van der Waals surface area (Å²) < 4.78 is 7.11. The van der Waals surface area contributed by atoms with Crippen LogP contribution < -0.4 is 0 Å². The highest BCUT2D eigenvalue weighted by Gasteiger charge is 2.13. The van der Waals surface area contributed by atoms with Gasteiger partial charge < -0.3 is 4.42 Å². The molecule has 0 amide bonds. The van der Waals surface area contributed by atoms with Crippen LogP contribution in [0.4, 0.5) is 0 Å². The molecule has 0 spiro atoms. The molecule has 1 heterocycles. The van der Waals surface area contributed by atoms with Gasteiger partial charge in [0.2, 0.25) is 0 Å². The van der Waals surface area contributed by atoms with Crippen molar-refractivity contribution >= 4 is 49.5 Å². The third-order valence-electron chi connectivity index (χ3n) is 3.63. The topological polar surface area (TPSA) is 13.1 Å². The van der Waals surface area contributed by atoms with E-state index in [-0.39, 0.29) is 0 Å². The fourth-order valence-electron chi connectivity index (χ4n) is 2.66. The molecule has 0 aliphatic rings. The Morgan fingerprint density at radius 3 is 2.43 bits per heavy atom. The second kappa shape index (κ2) is 4.90. The number of para-hydroxylation sites is 1. The number of furan rings is 1. The van der Waals surface area contributed by atoms with Crippen LogP contribution in [0.1, 0.15) is 0 Å². The van der Waals surface area contributed by atoms with Crippen molar-refractivity contribution in [2.24, 2.45) is 0 Å². The molecule has 0 saturated heterocycles. The van der Waals surface area contributed by atoms with Crippen molar-refractivity contribution in [3.63, 3.8) is 0 Å².